The molecule has 0 bridgehead atoms. The van der Waals surface area contributed by atoms with Gasteiger partial charge in [-0.05, 0) is 18.4 Å². The number of aliphatic hydroxyl groups is 1. The van der Waals surface area contributed by atoms with Gasteiger partial charge in [0.05, 0.1) is 30.4 Å². The summed E-state index contributed by atoms with van der Waals surface area (Å²) in [5.74, 6) is 0.0949. The molecule has 2 aromatic rings. The van der Waals surface area contributed by atoms with Gasteiger partial charge in [0.1, 0.15) is 0 Å². The number of carbonyl (C=O) groups is 1. The van der Waals surface area contributed by atoms with Gasteiger partial charge in [0.25, 0.3) is 0 Å². The number of imidazole rings is 1. The smallest absolute Gasteiger partial charge is 0.407 e. The number of benzene rings is 1. The molecule has 1 spiro atoms. The summed E-state index contributed by atoms with van der Waals surface area (Å²) in [7, 11) is 0. The van der Waals surface area contributed by atoms with E-state index in [1.807, 2.05) is 24.7 Å². The number of rotatable bonds is 1. The minimum Gasteiger partial charge on any atom is -0.465 e. The lowest BCUT2D eigenvalue weighted by molar-refractivity contribution is -0.0765. The Kier molecular flexibility index (Phi) is 2.69. The fourth-order valence-electron chi connectivity index (χ4n) is 5.05. The van der Waals surface area contributed by atoms with Gasteiger partial charge >= 0.3 is 6.09 Å². The van der Waals surface area contributed by atoms with Crippen molar-refractivity contribution >= 4 is 6.09 Å². The van der Waals surface area contributed by atoms with E-state index in [2.05, 4.69) is 21.7 Å². The quantitative estimate of drug-likeness (QED) is 0.842. The second-order valence-corrected chi connectivity index (χ2v) is 7.37. The summed E-state index contributed by atoms with van der Waals surface area (Å²) in [6.07, 6.45) is 4.14. The van der Waals surface area contributed by atoms with E-state index >= 15 is 0 Å². The van der Waals surface area contributed by atoms with Crippen molar-refractivity contribution in [1.82, 2.24) is 14.5 Å². The SMILES string of the molecule is O=C(O)N1CC2(CC[C@H]([C@@H]3c4ccccc4-c4cncn43)[C@@H]2O)C1. The predicted molar refractivity (Wildman–Crippen MR) is 86.6 cm³/mol. The van der Waals surface area contributed by atoms with Crippen LogP contribution in [0.15, 0.2) is 36.8 Å². The van der Waals surface area contributed by atoms with Crippen molar-refractivity contribution in [2.24, 2.45) is 11.3 Å². The van der Waals surface area contributed by atoms with E-state index in [9.17, 15) is 9.90 Å². The number of fused-ring (bicyclic) bond motifs is 3. The average molecular weight is 325 g/mol. The van der Waals surface area contributed by atoms with Crippen LogP contribution in [0.25, 0.3) is 11.3 Å². The number of nitrogens with zero attached hydrogens (tertiary/aromatic N) is 3. The molecule has 1 aromatic heterocycles. The summed E-state index contributed by atoms with van der Waals surface area (Å²) in [6.45, 7) is 0.899. The molecule has 1 aromatic carbocycles. The van der Waals surface area contributed by atoms with Gasteiger partial charge in [-0.15, -0.1) is 0 Å². The molecule has 1 saturated heterocycles. The summed E-state index contributed by atoms with van der Waals surface area (Å²) >= 11 is 0. The Hall–Kier alpha value is -2.34. The molecule has 6 nitrogen and oxygen atoms in total. The maximum atomic E-state index is 11.1. The molecular weight excluding hydrogens is 306 g/mol. The number of carboxylic acid groups (broad SMARTS) is 1. The highest BCUT2D eigenvalue weighted by Crippen LogP contribution is 2.55. The van der Waals surface area contributed by atoms with Crippen molar-refractivity contribution in [1.29, 1.82) is 0 Å². The average Bonchev–Trinajstić information content (AvgIpc) is 3.18. The number of hydrogen-bond acceptors (Lipinski definition) is 3. The first-order valence-electron chi connectivity index (χ1n) is 8.38. The Labute approximate surface area is 139 Å². The molecule has 1 aliphatic carbocycles. The van der Waals surface area contributed by atoms with Gasteiger partial charge in [-0.3, -0.25) is 0 Å². The van der Waals surface area contributed by atoms with Crippen LogP contribution in [0.1, 0.15) is 24.4 Å². The van der Waals surface area contributed by atoms with Gasteiger partial charge in [-0.25, -0.2) is 9.78 Å². The summed E-state index contributed by atoms with van der Waals surface area (Å²) < 4.78 is 2.17. The van der Waals surface area contributed by atoms with Gasteiger partial charge < -0.3 is 19.7 Å². The molecule has 124 valence electrons. The zero-order valence-corrected chi connectivity index (χ0v) is 13.2. The third-order valence-corrected chi connectivity index (χ3v) is 6.22. The van der Waals surface area contributed by atoms with E-state index in [4.69, 9.17) is 5.11 Å². The Morgan fingerprint density at radius 1 is 1.29 bits per heavy atom. The van der Waals surface area contributed by atoms with Crippen LogP contribution >= 0.6 is 0 Å². The lowest BCUT2D eigenvalue weighted by atomic mass is 9.74. The normalized spacial score (nSPS) is 29.4. The van der Waals surface area contributed by atoms with Crippen LogP contribution in [0.4, 0.5) is 4.79 Å². The molecule has 0 unspecified atom stereocenters. The highest BCUT2D eigenvalue weighted by atomic mass is 16.4. The van der Waals surface area contributed by atoms with E-state index in [1.165, 1.54) is 16.0 Å². The first kappa shape index (κ1) is 14.0. The standard InChI is InChI=1S/C18H19N3O3/c22-16-13(5-6-18(16)8-20(9-18)17(23)24)15-12-4-2-1-3-11(12)14-7-19-10-21(14)15/h1-4,7,10,13,15-16,22H,5-6,8-9H2,(H,23,24)/t13-,15+,16+/m1/s1. The van der Waals surface area contributed by atoms with Crippen molar-refractivity contribution < 1.29 is 15.0 Å². The number of hydrogen-bond donors (Lipinski definition) is 2. The highest BCUT2D eigenvalue weighted by Gasteiger charge is 2.58. The fourth-order valence-corrected chi connectivity index (χ4v) is 5.05. The molecule has 3 heterocycles. The Balaban J connectivity index is 1.49. The van der Waals surface area contributed by atoms with Gasteiger partial charge in [0.2, 0.25) is 0 Å². The van der Waals surface area contributed by atoms with Crippen molar-refractivity contribution in [3.63, 3.8) is 0 Å². The van der Waals surface area contributed by atoms with Gasteiger partial charge in [0, 0.05) is 30.0 Å². The van der Waals surface area contributed by atoms with E-state index in [0.717, 1.165) is 18.5 Å². The third-order valence-electron chi connectivity index (χ3n) is 6.22. The van der Waals surface area contributed by atoms with E-state index in [0.29, 0.717) is 13.1 Å². The van der Waals surface area contributed by atoms with Crippen LogP contribution in [0, 0.1) is 11.3 Å². The van der Waals surface area contributed by atoms with Crippen molar-refractivity contribution in [2.45, 2.75) is 25.0 Å². The zero-order chi connectivity index (χ0) is 16.5. The molecule has 2 aliphatic heterocycles. The maximum absolute atomic E-state index is 11.1. The fraction of sp³-hybridized carbons (Fsp3) is 0.444. The number of aromatic nitrogens is 2. The van der Waals surface area contributed by atoms with Crippen LogP contribution in [0.3, 0.4) is 0 Å². The predicted octanol–water partition coefficient (Wildman–Crippen LogP) is 2.20. The second-order valence-electron chi connectivity index (χ2n) is 7.37. The minimum absolute atomic E-state index is 0.0898. The number of likely N-dealkylation sites (tertiary alicyclic amines) is 1. The molecule has 0 radical (unpaired) electrons. The Bertz CT molecular complexity index is 824. The minimum atomic E-state index is -0.889. The van der Waals surface area contributed by atoms with Crippen LogP contribution in [-0.4, -0.2) is 50.0 Å². The highest BCUT2D eigenvalue weighted by molar-refractivity contribution is 5.69. The second kappa shape index (κ2) is 4.60. The molecule has 6 heteroatoms. The van der Waals surface area contributed by atoms with Crippen LogP contribution in [0.2, 0.25) is 0 Å². The molecule has 1 saturated carbocycles. The summed E-state index contributed by atoms with van der Waals surface area (Å²) in [5.41, 5.74) is 3.27. The summed E-state index contributed by atoms with van der Waals surface area (Å²) in [4.78, 5) is 16.8. The van der Waals surface area contributed by atoms with Gasteiger partial charge in [0.15, 0.2) is 0 Å². The van der Waals surface area contributed by atoms with E-state index in [1.54, 1.807) is 0 Å². The monoisotopic (exact) mass is 325 g/mol. The van der Waals surface area contributed by atoms with Crippen LogP contribution in [0.5, 0.6) is 0 Å². The Morgan fingerprint density at radius 3 is 2.88 bits per heavy atom. The van der Waals surface area contributed by atoms with Gasteiger partial charge in [-0.2, -0.15) is 0 Å². The van der Waals surface area contributed by atoms with Crippen LogP contribution < -0.4 is 0 Å². The third kappa shape index (κ3) is 1.64. The first-order chi connectivity index (χ1) is 11.6. The summed E-state index contributed by atoms with van der Waals surface area (Å²) in [6, 6.07) is 8.40. The largest absolute Gasteiger partial charge is 0.465 e. The molecule has 2 N–H and O–H groups in total. The molecule has 5 rings (SSSR count). The molecule has 2 fully saturated rings. The molecular formula is C18H19N3O3. The van der Waals surface area contributed by atoms with Crippen LogP contribution in [-0.2, 0) is 0 Å². The van der Waals surface area contributed by atoms with Crippen molar-refractivity contribution in [2.75, 3.05) is 13.1 Å². The lowest BCUT2D eigenvalue weighted by Crippen LogP contribution is -2.62. The van der Waals surface area contributed by atoms with Crippen molar-refractivity contribution in [3.8, 4) is 11.3 Å². The maximum Gasteiger partial charge on any atom is 0.407 e. The molecule has 3 atom stereocenters. The topological polar surface area (TPSA) is 78.6 Å². The summed E-state index contributed by atoms with van der Waals surface area (Å²) in [5, 5.41) is 20.2. The zero-order valence-electron chi connectivity index (χ0n) is 13.2. The van der Waals surface area contributed by atoms with E-state index in [-0.39, 0.29) is 17.4 Å². The number of aliphatic hydroxyl groups excluding tert-OH is 1. The molecule has 3 aliphatic rings. The lowest BCUT2D eigenvalue weighted by Gasteiger charge is -2.49. The van der Waals surface area contributed by atoms with Gasteiger partial charge in [-0.1, -0.05) is 24.3 Å². The van der Waals surface area contributed by atoms with Crippen molar-refractivity contribution in [3.05, 3.63) is 42.4 Å². The molecule has 24 heavy (non-hydrogen) atoms. The first-order valence-corrected chi connectivity index (χ1v) is 8.38. The Morgan fingerprint density at radius 2 is 2.08 bits per heavy atom. The van der Waals surface area contributed by atoms with E-state index < -0.39 is 12.2 Å². The molecule has 1 amide bonds. The number of amides is 1.